The van der Waals surface area contributed by atoms with E-state index in [4.69, 9.17) is 6.85 Å². The molecule has 0 spiro atoms. The molecule has 0 bridgehead atoms. The minimum Gasteiger partial charge on any atom is -0.251 e. The largest absolute Gasteiger partial charge is 0.402 e. The van der Waals surface area contributed by atoms with Crippen molar-refractivity contribution in [3.63, 3.8) is 0 Å². The first kappa shape index (κ1) is 110. The molecular weight excluding hydrogens is 1440 g/mol. The molecule has 3 aliphatic rings. The van der Waals surface area contributed by atoms with Crippen molar-refractivity contribution in [2.24, 2.45) is 104 Å². The van der Waals surface area contributed by atoms with Crippen LogP contribution in [0.25, 0.3) is 0 Å². The van der Waals surface area contributed by atoms with Crippen LogP contribution in [0.5, 0.6) is 0 Å². The van der Waals surface area contributed by atoms with E-state index in [-0.39, 0.29) is 73.8 Å². The van der Waals surface area contributed by atoms with E-state index in [1.165, 1.54) is 67.7 Å². The van der Waals surface area contributed by atoms with E-state index in [1.807, 2.05) is 48.5 Å². The summed E-state index contributed by atoms with van der Waals surface area (Å²) in [4.78, 5) is 0. The Morgan fingerprint density at radius 1 is 0.410 bits per heavy atom. The summed E-state index contributed by atoms with van der Waals surface area (Å²) in [6.45, 7) is 54.6. The van der Waals surface area contributed by atoms with Crippen LogP contribution in [0, 0.1) is 104 Å². The molecule has 0 aromatic heterocycles. The van der Waals surface area contributed by atoms with Gasteiger partial charge in [-0.15, -0.1) is 0 Å². The maximum absolute atomic E-state index is 12.3. The predicted octanol–water partition coefficient (Wildman–Crippen LogP) is 34.7. The lowest BCUT2D eigenvalue weighted by atomic mass is 9.86. The van der Waals surface area contributed by atoms with E-state index < -0.39 is 133 Å². The van der Waals surface area contributed by atoms with Crippen molar-refractivity contribution in [3.05, 3.63) is 0 Å². The summed E-state index contributed by atoms with van der Waals surface area (Å²) in [5, 5.41) is 0. The molecule has 0 nitrogen and oxygen atoms in total. The fourth-order valence-corrected chi connectivity index (χ4v) is 8.97. The van der Waals surface area contributed by atoms with E-state index in [1.54, 1.807) is 34.6 Å². The zero-order valence-electron chi connectivity index (χ0n) is 75.1. The van der Waals surface area contributed by atoms with Crippen LogP contribution in [0.3, 0.4) is 0 Å². The van der Waals surface area contributed by atoms with Gasteiger partial charge in [0.15, 0.2) is 5.41 Å². The van der Waals surface area contributed by atoms with E-state index in [2.05, 4.69) is 62.3 Å². The number of hydrogen-bond donors (Lipinski definition) is 0. The third kappa shape index (κ3) is 63.4. The molecule has 3 rings (SSSR count). The number of alkyl halides is 26. The van der Waals surface area contributed by atoms with E-state index in [0.717, 1.165) is 52.9 Å². The van der Waals surface area contributed by atoms with E-state index in [0.29, 0.717) is 36.5 Å². The lowest BCUT2D eigenvalue weighted by Gasteiger charge is -2.32. The Bertz CT molecular complexity index is 2160. The van der Waals surface area contributed by atoms with Gasteiger partial charge in [-0.05, 0) is 142 Å². The maximum Gasteiger partial charge on any atom is 0.402 e. The molecule has 105 heavy (non-hydrogen) atoms. The second-order valence-corrected chi connectivity index (χ2v) is 33.1. The average Bonchev–Trinajstić information content (AvgIpc) is 0.829. The second-order valence-electron chi connectivity index (χ2n) is 33.1. The van der Waals surface area contributed by atoms with Crippen LogP contribution in [-0.2, 0) is 0 Å². The van der Waals surface area contributed by atoms with Gasteiger partial charge in [0.1, 0.15) is 0 Å². The molecule has 3 saturated carbocycles. The van der Waals surface area contributed by atoms with Gasteiger partial charge in [0, 0.05) is 25.1 Å². The smallest absolute Gasteiger partial charge is 0.251 e. The minimum atomic E-state index is -5.24. The molecule has 3 fully saturated rings. The molecule has 3 aliphatic carbocycles. The Kier molecular flexibility index (Phi) is 57.1. The molecule has 0 aliphatic heterocycles. The highest BCUT2D eigenvalue weighted by molar-refractivity contribution is 4.88. The highest BCUT2D eigenvalue weighted by Gasteiger charge is 2.66. The van der Waals surface area contributed by atoms with Gasteiger partial charge >= 0.3 is 43.2 Å². The summed E-state index contributed by atoms with van der Waals surface area (Å²) in [6, 6.07) is 0. The number of rotatable bonds is 13. The molecule has 0 heterocycles. The monoisotopic (exact) mass is 1600 g/mol. The van der Waals surface area contributed by atoms with E-state index >= 15 is 0 Å². The zero-order chi connectivity index (χ0) is 91.2. The molecule has 648 valence electrons. The summed E-state index contributed by atoms with van der Waals surface area (Å²) >= 11 is 0. The summed E-state index contributed by atoms with van der Waals surface area (Å²) in [5.74, 6) is -9.55. The van der Waals surface area contributed by atoms with Crippen molar-refractivity contribution in [3.8, 4) is 0 Å². The predicted molar refractivity (Wildman–Crippen MR) is 386 cm³/mol. The first-order valence-electron chi connectivity index (χ1n) is 39.6. The van der Waals surface area contributed by atoms with Gasteiger partial charge < -0.3 is 0 Å². The molecular formula is C79H150F26. The molecule has 0 saturated heterocycles. The van der Waals surface area contributed by atoms with Crippen LogP contribution in [0.15, 0.2) is 0 Å². The van der Waals surface area contributed by atoms with Gasteiger partial charge in [-0.1, -0.05) is 253 Å². The normalized spacial score (nSPS) is 23.6. The Hall–Kier alpha value is -1.82. The van der Waals surface area contributed by atoms with Gasteiger partial charge in [-0.25, -0.2) is 17.6 Å². The maximum atomic E-state index is 12.3. The number of hydrogen-bond acceptors (Lipinski definition) is 0. The molecule has 12 atom stereocenters. The Morgan fingerprint density at radius 3 is 0.867 bits per heavy atom. The Morgan fingerprint density at radius 2 is 0.781 bits per heavy atom. The minimum absolute atomic E-state index is 0.0509. The van der Waals surface area contributed by atoms with Gasteiger partial charge in [0.25, 0.3) is 0 Å². The second kappa shape index (κ2) is 54.8. The highest BCUT2D eigenvalue weighted by atomic mass is 19.4. The first-order chi connectivity index (χ1) is 48.0. The van der Waals surface area contributed by atoms with Gasteiger partial charge in [0.05, 0.1) is 35.8 Å². The molecule has 0 N–H and O–H groups in total. The molecule has 9 unspecified atom stereocenters. The van der Waals surface area contributed by atoms with Gasteiger partial charge in [-0.3, -0.25) is 4.39 Å². The fourth-order valence-electron chi connectivity index (χ4n) is 8.97. The van der Waals surface area contributed by atoms with Crippen LogP contribution in [-0.4, -0.2) is 62.3 Å². The summed E-state index contributed by atoms with van der Waals surface area (Å²) in [6.07, 6.45) is -27.0. The van der Waals surface area contributed by atoms with E-state index in [9.17, 15) is 114 Å². The molecule has 0 amide bonds. The van der Waals surface area contributed by atoms with Gasteiger partial charge in [0.2, 0.25) is 12.3 Å². The Balaban J connectivity index is -0.000000145. The third-order valence-corrected chi connectivity index (χ3v) is 19.1. The fraction of sp³-hybridized carbons (Fsp3) is 1.00. The summed E-state index contributed by atoms with van der Waals surface area (Å²) < 4.78 is 348. The van der Waals surface area contributed by atoms with Crippen molar-refractivity contribution in [2.75, 3.05) is 6.67 Å². The molecule has 0 radical (unpaired) electrons. The third-order valence-electron chi connectivity index (χ3n) is 19.1. The Labute approximate surface area is 629 Å². The highest BCUT2D eigenvalue weighted by Crippen LogP contribution is 2.53. The molecule has 0 aromatic rings. The lowest BCUT2D eigenvalue weighted by molar-refractivity contribution is -0.335. The number of halogens is 26. The van der Waals surface area contributed by atoms with Crippen molar-refractivity contribution in [1.82, 2.24) is 0 Å². The standard InChI is InChI=1S/3C8H13F3.C7H16.C6H8F6.2C6H11F3.2C6H12F2.C6H13F.2C6H14/c1-5-3-6(2)7(4-5)8(9,10)11;2*1-5-3-4-7(6(5)2)8(9,10)11;1-5-6-7(2,3)4;1-3-4(2,5(7,8)9)6(10,11)12;1-4-5(2,3)6(7,8)9;1-3-4-5(2)6(7,8)9;1-4-6(7,8)5(2)3;1-3-4-5(2)6(7)8;1-3-4-6(2)5-7;2*1-5-6(2,3)4/h3*5-7H,3-4H2,1-2H3;5-6H2,1-4H3;3H2,1-2H3;4H2,1-3H3;5H,3-4H2,1-2H3;5H,4H2,1-3H3;5-6H,3-4H2,1-2H3;6H,3-5H2,1-2H3;2*5H2,1-4H3/t5-,6?,7?;2*5?,6-,7?;;;;;;;;;/m011........./s1/i;6D;;;;;3D2;;;;5D2;. The van der Waals surface area contributed by atoms with Crippen LogP contribution < -0.4 is 0 Å². The van der Waals surface area contributed by atoms with Gasteiger partial charge in [-0.2, -0.15) is 92.2 Å². The van der Waals surface area contributed by atoms with Crippen molar-refractivity contribution >= 4 is 0 Å². The van der Waals surface area contributed by atoms with Crippen LogP contribution in [0.1, 0.15) is 350 Å². The average molecular weight is 1600 g/mol. The van der Waals surface area contributed by atoms with Crippen LogP contribution >= 0.6 is 0 Å². The summed E-state index contributed by atoms with van der Waals surface area (Å²) in [7, 11) is 0. The molecule has 26 heteroatoms. The van der Waals surface area contributed by atoms with Crippen LogP contribution in [0.4, 0.5) is 114 Å². The first-order valence-corrected chi connectivity index (χ1v) is 37.1. The van der Waals surface area contributed by atoms with Crippen molar-refractivity contribution in [1.29, 1.82) is 0 Å². The lowest BCUT2D eigenvalue weighted by Crippen LogP contribution is -2.47. The summed E-state index contributed by atoms with van der Waals surface area (Å²) in [5.41, 5.74) is -4.24. The zero-order valence-corrected chi connectivity index (χ0v) is 70.1. The topological polar surface area (TPSA) is 0 Å². The van der Waals surface area contributed by atoms with Crippen molar-refractivity contribution in [2.45, 2.75) is 399 Å². The molecule has 0 aromatic carbocycles. The van der Waals surface area contributed by atoms with Crippen molar-refractivity contribution < 1.29 is 121 Å². The van der Waals surface area contributed by atoms with Crippen LogP contribution in [0.2, 0.25) is 0 Å². The SMILES string of the molecule is CC1CCC(C(F)(F)F)[C@@H]1C.CC1C[C@H](C)CC1C(F)(F)F.CCC(C)(C(F)(F)F)C(F)(F)F.CCC(C)(C)C.CCC(C)(C)C(F)(F)F.CCC(F)(F)C(C)C.CCCC(C)(C)C.CCCC(C)C(F)F.CCCC(C)CF.[2H]C([2H])(C)C(C)(C)C.[2H]C([2H])(C)CC(C)C(F)(F)F.[2H][C@@]1(C)C(C)CCC1C(F)(F)F. The quantitative estimate of drug-likeness (QED) is 0.161.